The van der Waals surface area contributed by atoms with Gasteiger partial charge in [-0.15, -0.1) is 5.10 Å². The first kappa shape index (κ1) is 9.98. The third-order valence-corrected chi connectivity index (χ3v) is 2.25. The van der Waals surface area contributed by atoms with Crippen molar-refractivity contribution in [1.82, 2.24) is 14.8 Å². The van der Waals surface area contributed by atoms with Crippen LogP contribution in [0.3, 0.4) is 0 Å². The van der Waals surface area contributed by atoms with E-state index >= 15 is 0 Å². The number of halogens is 1. The second kappa shape index (κ2) is 3.90. The molecule has 0 N–H and O–H groups in total. The number of aromatic nitrogens is 3. The average molecular weight is 224 g/mol. The molecule has 4 nitrogen and oxygen atoms in total. The van der Waals surface area contributed by atoms with Crippen LogP contribution < -0.4 is 4.74 Å². The zero-order chi connectivity index (χ0) is 10.8. The predicted molar refractivity (Wildman–Crippen MR) is 58.0 cm³/mol. The maximum Gasteiger partial charge on any atom is 0.242 e. The summed E-state index contributed by atoms with van der Waals surface area (Å²) in [6, 6.07) is 7.58. The molecule has 0 saturated carbocycles. The Bertz CT molecular complexity index is 464. The van der Waals surface area contributed by atoms with Crippen LogP contribution >= 0.6 is 11.6 Å². The molecule has 0 bridgehead atoms. The average Bonchev–Trinajstić information content (AvgIpc) is 2.58. The molecule has 2 aromatic rings. The van der Waals surface area contributed by atoms with Crippen molar-refractivity contribution in [3.63, 3.8) is 0 Å². The lowest BCUT2D eigenvalue weighted by Gasteiger charge is -2.02. The smallest absolute Gasteiger partial charge is 0.242 e. The molecule has 5 heteroatoms. The molecular formula is C10H10ClN3O. The monoisotopic (exact) mass is 223 g/mol. The van der Waals surface area contributed by atoms with Gasteiger partial charge in [0, 0.05) is 12.6 Å². The highest BCUT2D eigenvalue weighted by atomic mass is 35.5. The number of hydrogen-bond acceptors (Lipinski definition) is 3. The van der Waals surface area contributed by atoms with Crippen LogP contribution in [0.4, 0.5) is 0 Å². The predicted octanol–water partition coefficient (Wildman–Crippen LogP) is 2.14. The Labute approximate surface area is 92.5 Å². The summed E-state index contributed by atoms with van der Waals surface area (Å²) in [6.07, 6.45) is 0. The quantitative estimate of drug-likeness (QED) is 0.783. The lowest BCUT2D eigenvalue weighted by molar-refractivity contribution is 0.415. The van der Waals surface area contributed by atoms with Gasteiger partial charge in [0.1, 0.15) is 5.75 Å². The number of aryl methyl sites for hydroxylation is 1. The van der Waals surface area contributed by atoms with Crippen molar-refractivity contribution in [1.29, 1.82) is 0 Å². The fraction of sp³-hybridized carbons (Fsp3) is 0.200. The Kier molecular flexibility index (Phi) is 2.60. The summed E-state index contributed by atoms with van der Waals surface area (Å²) in [5, 5.41) is 4.22. The summed E-state index contributed by atoms with van der Waals surface area (Å²) in [5.74, 6) is 1.55. The minimum atomic E-state index is 0.253. The van der Waals surface area contributed by atoms with E-state index < -0.39 is 0 Å². The maximum atomic E-state index is 5.71. The van der Waals surface area contributed by atoms with E-state index in [9.17, 15) is 0 Å². The van der Waals surface area contributed by atoms with Gasteiger partial charge in [-0.1, -0.05) is 0 Å². The van der Waals surface area contributed by atoms with Crippen molar-refractivity contribution >= 4 is 11.6 Å². The highest BCUT2D eigenvalue weighted by Gasteiger charge is 2.07. The molecule has 0 aliphatic rings. The van der Waals surface area contributed by atoms with Crippen LogP contribution in [0.2, 0.25) is 5.28 Å². The summed E-state index contributed by atoms with van der Waals surface area (Å²) >= 11 is 5.71. The van der Waals surface area contributed by atoms with Gasteiger partial charge in [0.05, 0.1) is 7.11 Å². The van der Waals surface area contributed by atoms with Gasteiger partial charge in [-0.2, -0.15) is 4.98 Å². The molecule has 0 atom stereocenters. The van der Waals surface area contributed by atoms with Gasteiger partial charge in [-0.05, 0) is 35.9 Å². The first-order chi connectivity index (χ1) is 7.20. The molecule has 0 saturated heterocycles. The van der Waals surface area contributed by atoms with Crippen LogP contribution in [0, 0.1) is 0 Å². The van der Waals surface area contributed by atoms with E-state index in [0.29, 0.717) is 0 Å². The fourth-order valence-electron chi connectivity index (χ4n) is 1.34. The molecule has 0 radical (unpaired) electrons. The number of ether oxygens (including phenoxy) is 1. The Morgan fingerprint density at radius 2 is 1.93 bits per heavy atom. The molecule has 1 aromatic carbocycles. The molecular weight excluding hydrogens is 214 g/mol. The van der Waals surface area contributed by atoms with Crippen LogP contribution in [-0.2, 0) is 7.05 Å². The number of rotatable bonds is 2. The SMILES string of the molecule is COc1ccc(-c2nc(Cl)nn2C)cc1. The lowest BCUT2D eigenvalue weighted by Crippen LogP contribution is -1.94. The van der Waals surface area contributed by atoms with E-state index in [1.165, 1.54) is 0 Å². The zero-order valence-corrected chi connectivity index (χ0v) is 9.19. The van der Waals surface area contributed by atoms with E-state index in [-0.39, 0.29) is 5.28 Å². The van der Waals surface area contributed by atoms with E-state index in [2.05, 4.69) is 10.1 Å². The van der Waals surface area contributed by atoms with Crippen LogP contribution in [0.1, 0.15) is 0 Å². The van der Waals surface area contributed by atoms with Gasteiger partial charge in [-0.3, -0.25) is 0 Å². The molecule has 0 fully saturated rings. The van der Waals surface area contributed by atoms with Crippen molar-refractivity contribution < 1.29 is 4.74 Å². The van der Waals surface area contributed by atoms with Gasteiger partial charge >= 0.3 is 0 Å². The van der Waals surface area contributed by atoms with Crippen molar-refractivity contribution in [3.8, 4) is 17.1 Å². The lowest BCUT2D eigenvalue weighted by atomic mass is 10.2. The van der Waals surface area contributed by atoms with E-state index in [4.69, 9.17) is 16.3 Å². The number of methoxy groups -OCH3 is 1. The normalized spacial score (nSPS) is 10.3. The molecule has 15 heavy (non-hydrogen) atoms. The Balaban J connectivity index is 2.41. The summed E-state index contributed by atoms with van der Waals surface area (Å²) < 4.78 is 6.71. The third kappa shape index (κ3) is 1.94. The van der Waals surface area contributed by atoms with Gasteiger partial charge in [0.15, 0.2) is 5.82 Å². The van der Waals surface area contributed by atoms with Crippen LogP contribution in [0.15, 0.2) is 24.3 Å². The van der Waals surface area contributed by atoms with Crippen molar-refractivity contribution in [2.45, 2.75) is 0 Å². The highest BCUT2D eigenvalue weighted by Crippen LogP contribution is 2.21. The fourth-order valence-corrected chi connectivity index (χ4v) is 1.54. The van der Waals surface area contributed by atoms with E-state index in [1.54, 1.807) is 18.8 Å². The molecule has 1 aromatic heterocycles. The van der Waals surface area contributed by atoms with Crippen molar-refractivity contribution in [3.05, 3.63) is 29.5 Å². The molecule has 0 aliphatic heterocycles. The van der Waals surface area contributed by atoms with Gasteiger partial charge < -0.3 is 4.74 Å². The summed E-state index contributed by atoms with van der Waals surface area (Å²) in [7, 11) is 3.44. The van der Waals surface area contributed by atoms with Gasteiger partial charge in [0.2, 0.25) is 5.28 Å². The molecule has 1 heterocycles. The molecule has 78 valence electrons. The first-order valence-electron chi connectivity index (χ1n) is 4.41. The Hall–Kier alpha value is -1.55. The number of nitrogens with zero attached hydrogens (tertiary/aromatic N) is 3. The second-order valence-corrected chi connectivity index (χ2v) is 3.39. The summed E-state index contributed by atoms with van der Waals surface area (Å²) in [6.45, 7) is 0. The third-order valence-electron chi connectivity index (χ3n) is 2.09. The van der Waals surface area contributed by atoms with Crippen LogP contribution in [0.5, 0.6) is 5.75 Å². The summed E-state index contributed by atoms with van der Waals surface area (Å²) in [4.78, 5) is 4.11. The standard InChI is InChI=1S/C10H10ClN3O/c1-14-9(12-10(11)13-14)7-3-5-8(15-2)6-4-7/h3-6H,1-2H3. The van der Waals surface area contributed by atoms with Gasteiger partial charge in [-0.25, -0.2) is 4.68 Å². The van der Waals surface area contributed by atoms with E-state index in [1.807, 2.05) is 24.3 Å². The molecule has 2 rings (SSSR count). The van der Waals surface area contributed by atoms with Crippen LogP contribution in [0.25, 0.3) is 11.4 Å². The second-order valence-electron chi connectivity index (χ2n) is 3.06. The van der Waals surface area contributed by atoms with Crippen LogP contribution in [-0.4, -0.2) is 21.9 Å². The van der Waals surface area contributed by atoms with Crippen molar-refractivity contribution in [2.24, 2.45) is 7.05 Å². The van der Waals surface area contributed by atoms with Crippen molar-refractivity contribution in [2.75, 3.05) is 7.11 Å². The minimum Gasteiger partial charge on any atom is -0.497 e. The molecule has 0 unspecified atom stereocenters. The Morgan fingerprint density at radius 3 is 2.40 bits per heavy atom. The van der Waals surface area contributed by atoms with Gasteiger partial charge in [0.25, 0.3) is 0 Å². The number of benzene rings is 1. The topological polar surface area (TPSA) is 39.9 Å². The molecule has 0 aliphatic carbocycles. The molecule has 0 amide bonds. The number of hydrogen-bond donors (Lipinski definition) is 0. The zero-order valence-electron chi connectivity index (χ0n) is 8.44. The summed E-state index contributed by atoms with van der Waals surface area (Å²) in [5.41, 5.74) is 0.956. The molecule has 0 spiro atoms. The Morgan fingerprint density at radius 1 is 1.27 bits per heavy atom. The first-order valence-corrected chi connectivity index (χ1v) is 4.79. The largest absolute Gasteiger partial charge is 0.497 e. The van der Waals surface area contributed by atoms with E-state index in [0.717, 1.165) is 17.1 Å². The minimum absolute atomic E-state index is 0.253. The maximum absolute atomic E-state index is 5.71. The highest BCUT2D eigenvalue weighted by molar-refractivity contribution is 6.28.